The predicted octanol–water partition coefficient (Wildman–Crippen LogP) is 4.85. The van der Waals surface area contributed by atoms with Crippen LogP contribution in [0.15, 0.2) is 72.8 Å². The zero-order valence-electron chi connectivity index (χ0n) is 11.3. The van der Waals surface area contributed by atoms with Crippen LogP contribution < -0.4 is 0 Å². The van der Waals surface area contributed by atoms with E-state index >= 15 is 0 Å². The maximum absolute atomic E-state index is 2.38. The van der Waals surface area contributed by atoms with E-state index in [-0.39, 0.29) is 0 Å². The second kappa shape index (κ2) is 4.64. The van der Waals surface area contributed by atoms with Crippen molar-refractivity contribution in [2.24, 2.45) is 0 Å². The van der Waals surface area contributed by atoms with Gasteiger partial charge in [0.15, 0.2) is 0 Å². The minimum Gasteiger partial charge on any atom is -0.0622 e. The molecule has 4 rings (SSSR count). The Balaban J connectivity index is 1.69. The summed E-state index contributed by atoms with van der Waals surface area (Å²) in [6.07, 6.45) is 2.10. The minimum atomic E-state index is 1.02. The van der Waals surface area contributed by atoms with Gasteiger partial charge in [0.25, 0.3) is 0 Å². The molecule has 0 N–H and O–H groups in total. The van der Waals surface area contributed by atoms with Crippen molar-refractivity contribution < 1.29 is 0 Å². The van der Waals surface area contributed by atoms with Crippen LogP contribution in [0.4, 0.5) is 0 Å². The van der Waals surface area contributed by atoms with Crippen LogP contribution in [0.5, 0.6) is 0 Å². The Labute approximate surface area is 119 Å². The molecule has 0 atom stereocenters. The van der Waals surface area contributed by atoms with Crippen LogP contribution in [-0.4, -0.2) is 0 Å². The molecule has 0 bridgehead atoms. The van der Waals surface area contributed by atoms with Gasteiger partial charge in [0, 0.05) is 0 Å². The maximum atomic E-state index is 2.38. The molecular weight excluding hydrogens is 240 g/mol. The lowest BCUT2D eigenvalue weighted by Gasteiger charge is -2.05. The molecule has 20 heavy (non-hydrogen) atoms. The third-order valence-electron chi connectivity index (χ3n) is 4.11. The summed E-state index contributed by atoms with van der Waals surface area (Å²) in [7, 11) is 0. The molecule has 1 aliphatic carbocycles. The number of rotatable bonds is 2. The van der Waals surface area contributed by atoms with E-state index in [0.717, 1.165) is 12.8 Å². The standard InChI is InChI=1S/C20H16/c1-2-6-15(7-3-1)12-16-10-11-20-18(13-16)14-17-8-4-5-9-19(17)20/h1-11,13H,12,14H2. The first kappa shape index (κ1) is 11.5. The van der Waals surface area contributed by atoms with Crippen molar-refractivity contribution in [2.75, 3.05) is 0 Å². The minimum absolute atomic E-state index is 1.02. The van der Waals surface area contributed by atoms with Crippen LogP contribution in [0.2, 0.25) is 0 Å². The SMILES string of the molecule is c1ccc(Cc2ccc3c(c2)Cc2ccccc2-3)cc1. The highest BCUT2D eigenvalue weighted by Gasteiger charge is 2.17. The summed E-state index contributed by atoms with van der Waals surface area (Å²) in [5.41, 5.74) is 8.54. The molecule has 3 aromatic carbocycles. The normalized spacial score (nSPS) is 12.0. The second-order valence-electron chi connectivity index (χ2n) is 5.49. The molecule has 0 saturated carbocycles. The number of fused-ring (bicyclic) bond motifs is 3. The topological polar surface area (TPSA) is 0 Å². The Hall–Kier alpha value is -2.34. The molecule has 0 nitrogen and oxygen atoms in total. The molecule has 1 aliphatic rings. The third kappa shape index (κ3) is 1.94. The van der Waals surface area contributed by atoms with Crippen LogP contribution in [0.25, 0.3) is 11.1 Å². The maximum Gasteiger partial charge on any atom is -0.00134 e. The average Bonchev–Trinajstić information content (AvgIpc) is 2.86. The third-order valence-corrected chi connectivity index (χ3v) is 4.11. The predicted molar refractivity (Wildman–Crippen MR) is 83.9 cm³/mol. The van der Waals surface area contributed by atoms with Crippen molar-refractivity contribution in [2.45, 2.75) is 12.8 Å². The Morgan fingerprint density at radius 2 is 1.35 bits per heavy atom. The summed E-state index contributed by atoms with van der Waals surface area (Å²) in [5, 5.41) is 0. The number of hydrogen-bond donors (Lipinski definition) is 0. The van der Waals surface area contributed by atoms with Crippen molar-refractivity contribution in [1.82, 2.24) is 0 Å². The summed E-state index contributed by atoms with van der Waals surface area (Å²) < 4.78 is 0. The van der Waals surface area contributed by atoms with Gasteiger partial charge in [-0.2, -0.15) is 0 Å². The zero-order chi connectivity index (χ0) is 13.4. The molecule has 0 aromatic heterocycles. The lowest BCUT2D eigenvalue weighted by molar-refractivity contribution is 1.17. The largest absolute Gasteiger partial charge is 0.0622 e. The molecule has 3 aromatic rings. The van der Waals surface area contributed by atoms with E-state index < -0.39 is 0 Å². The fourth-order valence-corrected chi connectivity index (χ4v) is 3.14. The highest BCUT2D eigenvalue weighted by molar-refractivity contribution is 5.76. The van der Waals surface area contributed by atoms with Gasteiger partial charge in [-0.3, -0.25) is 0 Å². The molecule has 0 spiro atoms. The number of benzene rings is 3. The highest BCUT2D eigenvalue weighted by atomic mass is 14.2. The van der Waals surface area contributed by atoms with Gasteiger partial charge in [0.2, 0.25) is 0 Å². The summed E-state index contributed by atoms with van der Waals surface area (Å²) in [6, 6.07) is 26.4. The summed E-state index contributed by atoms with van der Waals surface area (Å²) in [5.74, 6) is 0. The average molecular weight is 256 g/mol. The van der Waals surface area contributed by atoms with E-state index in [0.29, 0.717) is 0 Å². The van der Waals surface area contributed by atoms with Gasteiger partial charge in [-0.05, 0) is 46.2 Å². The smallest absolute Gasteiger partial charge is 0.00134 e. The van der Waals surface area contributed by atoms with E-state index in [1.807, 2.05) is 0 Å². The molecule has 0 heteroatoms. The Kier molecular flexibility index (Phi) is 2.67. The molecule has 0 amide bonds. The monoisotopic (exact) mass is 256 g/mol. The van der Waals surface area contributed by atoms with Crippen LogP contribution in [0.1, 0.15) is 22.3 Å². The lowest BCUT2D eigenvalue weighted by atomic mass is 9.99. The van der Waals surface area contributed by atoms with Crippen molar-refractivity contribution in [3.05, 3.63) is 95.1 Å². The summed E-state index contributed by atoms with van der Waals surface area (Å²) >= 11 is 0. The van der Waals surface area contributed by atoms with E-state index in [1.54, 1.807) is 0 Å². The van der Waals surface area contributed by atoms with E-state index in [4.69, 9.17) is 0 Å². The van der Waals surface area contributed by atoms with Crippen molar-refractivity contribution in [3.63, 3.8) is 0 Å². The fourth-order valence-electron chi connectivity index (χ4n) is 3.14. The molecule has 96 valence electrons. The molecule has 0 saturated heterocycles. The van der Waals surface area contributed by atoms with Gasteiger partial charge in [0.05, 0.1) is 0 Å². The zero-order valence-corrected chi connectivity index (χ0v) is 11.3. The first-order chi connectivity index (χ1) is 9.90. The van der Waals surface area contributed by atoms with Crippen LogP contribution in [0, 0.1) is 0 Å². The first-order valence-electron chi connectivity index (χ1n) is 7.14. The van der Waals surface area contributed by atoms with Gasteiger partial charge in [-0.15, -0.1) is 0 Å². The van der Waals surface area contributed by atoms with Crippen molar-refractivity contribution in [3.8, 4) is 11.1 Å². The molecule has 0 heterocycles. The Morgan fingerprint density at radius 3 is 2.25 bits per heavy atom. The number of hydrogen-bond acceptors (Lipinski definition) is 0. The molecule has 0 fully saturated rings. The Morgan fingerprint density at radius 1 is 0.600 bits per heavy atom. The highest BCUT2D eigenvalue weighted by Crippen LogP contribution is 2.36. The van der Waals surface area contributed by atoms with Crippen LogP contribution in [0.3, 0.4) is 0 Å². The van der Waals surface area contributed by atoms with E-state index in [9.17, 15) is 0 Å². The first-order valence-corrected chi connectivity index (χ1v) is 7.14. The lowest BCUT2D eigenvalue weighted by Crippen LogP contribution is -1.90. The second-order valence-corrected chi connectivity index (χ2v) is 5.49. The van der Waals surface area contributed by atoms with Gasteiger partial charge in [-0.25, -0.2) is 0 Å². The van der Waals surface area contributed by atoms with Gasteiger partial charge < -0.3 is 0 Å². The fraction of sp³-hybridized carbons (Fsp3) is 0.100. The van der Waals surface area contributed by atoms with Crippen LogP contribution in [-0.2, 0) is 12.8 Å². The molecular formula is C20H16. The quantitative estimate of drug-likeness (QED) is 0.481. The Bertz CT molecular complexity index is 754. The van der Waals surface area contributed by atoms with Gasteiger partial charge in [-0.1, -0.05) is 72.8 Å². The van der Waals surface area contributed by atoms with Crippen molar-refractivity contribution in [1.29, 1.82) is 0 Å². The summed E-state index contributed by atoms with van der Waals surface area (Å²) in [6.45, 7) is 0. The van der Waals surface area contributed by atoms with E-state index in [2.05, 4.69) is 72.8 Å². The van der Waals surface area contributed by atoms with E-state index in [1.165, 1.54) is 33.4 Å². The molecule has 0 radical (unpaired) electrons. The van der Waals surface area contributed by atoms with Gasteiger partial charge in [0.1, 0.15) is 0 Å². The van der Waals surface area contributed by atoms with Gasteiger partial charge >= 0.3 is 0 Å². The molecule has 0 aliphatic heterocycles. The summed E-state index contributed by atoms with van der Waals surface area (Å²) in [4.78, 5) is 0. The molecule has 0 unspecified atom stereocenters. The van der Waals surface area contributed by atoms with Crippen LogP contribution >= 0.6 is 0 Å². The van der Waals surface area contributed by atoms with Crippen molar-refractivity contribution >= 4 is 0 Å².